The van der Waals surface area contributed by atoms with Crippen LogP contribution in [0.2, 0.25) is 0 Å². The van der Waals surface area contributed by atoms with E-state index < -0.39 is 0 Å². The van der Waals surface area contributed by atoms with Gasteiger partial charge in [-0.05, 0) is 61.8 Å². The van der Waals surface area contributed by atoms with Gasteiger partial charge in [-0.1, -0.05) is 20.3 Å². The summed E-state index contributed by atoms with van der Waals surface area (Å²) in [6.45, 7) is 5.72. The van der Waals surface area contributed by atoms with Crippen molar-refractivity contribution in [2.75, 3.05) is 6.61 Å². The number of imidazole rings is 1. The van der Waals surface area contributed by atoms with E-state index in [2.05, 4.69) is 18.8 Å². The molecule has 4 heteroatoms. The normalized spacial score (nSPS) is 14.7. The Hall–Kier alpha value is -2.10. The van der Waals surface area contributed by atoms with Crippen LogP contribution in [0.15, 0.2) is 30.9 Å². The first kappa shape index (κ1) is 18.7. The Morgan fingerprint density at radius 3 is 2.73 bits per heavy atom. The van der Waals surface area contributed by atoms with Crippen LogP contribution >= 0.6 is 0 Å². The summed E-state index contributed by atoms with van der Waals surface area (Å²) in [5, 5.41) is 0. The molecule has 1 aromatic carbocycles. The number of hydrogen-bond acceptors (Lipinski definition) is 3. The first-order valence-electron chi connectivity index (χ1n) is 10.0. The van der Waals surface area contributed by atoms with Crippen molar-refractivity contribution in [3.8, 4) is 5.75 Å². The van der Waals surface area contributed by atoms with Crippen molar-refractivity contribution in [1.29, 1.82) is 0 Å². The van der Waals surface area contributed by atoms with Gasteiger partial charge in [0.15, 0.2) is 5.78 Å². The van der Waals surface area contributed by atoms with Crippen LogP contribution in [0.25, 0.3) is 0 Å². The van der Waals surface area contributed by atoms with Gasteiger partial charge in [-0.15, -0.1) is 0 Å². The van der Waals surface area contributed by atoms with E-state index in [9.17, 15) is 4.79 Å². The molecular weight excluding hydrogens is 324 g/mol. The molecule has 0 saturated carbocycles. The monoisotopic (exact) mass is 354 g/mol. The van der Waals surface area contributed by atoms with Gasteiger partial charge in [0.25, 0.3) is 0 Å². The summed E-state index contributed by atoms with van der Waals surface area (Å²) in [6, 6.07) is 4.03. The van der Waals surface area contributed by atoms with Crippen molar-refractivity contribution in [3.63, 3.8) is 0 Å². The maximum Gasteiger partial charge on any atom is 0.168 e. The van der Waals surface area contributed by atoms with Gasteiger partial charge in [0, 0.05) is 30.4 Å². The number of ether oxygens (including phenoxy) is 1. The minimum atomic E-state index is -0.0120. The molecule has 3 rings (SSSR count). The second-order valence-corrected chi connectivity index (χ2v) is 7.21. The lowest BCUT2D eigenvalue weighted by atomic mass is 9.83. The molecular formula is C22H30N2O2. The van der Waals surface area contributed by atoms with Crippen molar-refractivity contribution in [2.24, 2.45) is 5.92 Å². The Morgan fingerprint density at radius 1 is 1.23 bits per heavy atom. The van der Waals surface area contributed by atoms with E-state index in [4.69, 9.17) is 4.74 Å². The second kappa shape index (κ2) is 9.02. The summed E-state index contributed by atoms with van der Waals surface area (Å²) >= 11 is 0. The summed E-state index contributed by atoms with van der Waals surface area (Å²) in [5.74, 6) is 1.24. The van der Waals surface area contributed by atoms with Crippen LogP contribution in [-0.4, -0.2) is 21.9 Å². The Labute approximate surface area is 156 Å². The molecule has 26 heavy (non-hydrogen) atoms. The zero-order valence-electron chi connectivity index (χ0n) is 16.0. The number of aromatic nitrogens is 2. The predicted octanol–water partition coefficient (Wildman–Crippen LogP) is 4.85. The number of benzene rings is 1. The third-order valence-electron chi connectivity index (χ3n) is 5.37. The molecule has 0 aliphatic heterocycles. The van der Waals surface area contributed by atoms with Gasteiger partial charge in [-0.2, -0.15) is 0 Å². The molecule has 140 valence electrons. The van der Waals surface area contributed by atoms with Crippen molar-refractivity contribution in [3.05, 3.63) is 47.5 Å². The first-order valence-corrected chi connectivity index (χ1v) is 10.0. The third-order valence-corrected chi connectivity index (χ3v) is 5.37. The van der Waals surface area contributed by atoms with E-state index >= 15 is 0 Å². The lowest BCUT2D eigenvalue weighted by molar-refractivity contribution is 0.0902. The van der Waals surface area contributed by atoms with E-state index in [0.29, 0.717) is 6.54 Å². The van der Waals surface area contributed by atoms with Crippen LogP contribution in [-0.2, 0) is 19.4 Å². The number of ketones is 1. The van der Waals surface area contributed by atoms with E-state index in [1.54, 1.807) is 12.5 Å². The largest absolute Gasteiger partial charge is 0.493 e. The van der Waals surface area contributed by atoms with Gasteiger partial charge in [-0.3, -0.25) is 4.79 Å². The smallest absolute Gasteiger partial charge is 0.168 e. The molecule has 0 radical (unpaired) electrons. The highest BCUT2D eigenvalue weighted by Crippen LogP contribution is 2.34. The predicted molar refractivity (Wildman–Crippen MR) is 104 cm³/mol. The molecule has 0 amide bonds. The van der Waals surface area contributed by atoms with Gasteiger partial charge in [0.1, 0.15) is 5.75 Å². The fourth-order valence-corrected chi connectivity index (χ4v) is 3.79. The molecule has 1 aliphatic carbocycles. The van der Waals surface area contributed by atoms with Crippen LogP contribution in [0.3, 0.4) is 0 Å². The summed E-state index contributed by atoms with van der Waals surface area (Å²) in [6.07, 6.45) is 12.9. The number of fused-ring (bicyclic) bond motifs is 1. The minimum Gasteiger partial charge on any atom is -0.493 e. The fourth-order valence-electron chi connectivity index (χ4n) is 3.79. The molecule has 2 aromatic rings. The SMILES string of the molecule is CCCCOc1ccc(C(=O)C(CC)Cn2ccnc2)c2c1CCCC2. The van der Waals surface area contributed by atoms with Crippen LogP contribution in [0.5, 0.6) is 5.75 Å². The fraction of sp³-hybridized carbons (Fsp3) is 0.545. The average molecular weight is 354 g/mol. The number of rotatable bonds is 9. The Bertz CT molecular complexity index is 722. The highest BCUT2D eigenvalue weighted by Gasteiger charge is 2.25. The van der Waals surface area contributed by atoms with Crippen molar-refractivity contribution < 1.29 is 9.53 Å². The number of Topliss-reactive ketones (excluding diaryl/α,β-unsaturated/α-hetero) is 1. The molecule has 1 atom stereocenters. The van der Waals surface area contributed by atoms with Gasteiger partial charge >= 0.3 is 0 Å². The van der Waals surface area contributed by atoms with E-state index in [-0.39, 0.29) is 11.7 Å². The second-order valence-electron chi connectivity index (χ2n) is 7.21. The third kappa shape index (κ3) is 4.17. The number of hydrogen-bond donors (Lipinski definition) is 0. The van der Waals surface area contributed by atoms with E-state index in [0.717, 1.165) is 56.4 Å². The molecule has 4 nitrogen and oxygen atoms in total. The van der Waals surface area contributed by atoms with Crippen LogP contribution in [0.4, 0.5) is 0 Å². The molecule has 0 spiro atoms. The van der Waals surface area contributed by atoms with Crippen LogP contribution in [0.1, 0.15) is 67.4 Å². The summed E-state index contributed by atoms with van der Waals surface area (Å²) < 4.78 is 8.03. The Balaban J connectivity index is 1.85. The lowest BCUT2D eigenvalue weighted by Gasteiger charge is -2.24. The maximum absolute atomic E-state index is 13.3. The highest BCUT2D eigenvalue weighted by molar-refractivity contribution is 5.99. The van der Waals surface area contributed by atoms with Gasteiger partial charge in [-0.25, -0.2) is 4.98 Å². The van der Waals surface area contributed by atoms with Gasteiger partial charge in [0.2, 0.25) is 0 Å². The molecule has 0 N–H and O–H groups in total. The number of carbonyl (C=O) groups excluding carboxylic acids is 1. The molecule has 1 unspecified atom stereocenters. The zero-order chi connectivity index (χ0) is 18.4. The molecule has 1 aliphatic rings. The molecule has 0 fully saturated rings. The Morgan fingerprint density at radius 2 is 2.04 bits per heavy atom. The number of carbonyl (C=O) groups is 1. The Kier molecular flexibility index (Phi) is 6.48. The van der Waals surface area contributed by atoms with Crippen LogP contribution < -0.4 is 4.74 Å². The highest BCUT2D eigenvalue weighted by atomic mass is 16.5. The van der Waals surface area contributed by atoms with Crippen LogP contribution in [0, 0.1) is 5.92 Å². The number of unbranched alkanes of at least 4 members (excludes halogenated alkanes) is 1. The molecule has 1 heterocycles. The van der Waals surface area contributed by atoms with E-state index in [1.807, 2.05) is 22.9 Å². The summed E-state index contributed by atoms with van der Waals surface area (Å²) in [4.78, 5) is 17.4. The van der Waals surface area contributed by atoms with E-state index in [1.165, 1.54) is 17.5 Å². The lowest BCUT2D eigenvalue weighted by Crippen LogP contribution is -2.22. The summed E-state index contributed by atoms with van der Waals surface area (Å²) in [5.41, 5.74) is 3.42. The zero-order valence-corrected chi connectivity index (χ0v) is 16.0. The van der Waals surface area contributed by atoms with Crippen molar-refractivity contribution in [1.82, 2.24) is 9.55 Å². The van der Waals surface area contributed by atoms with Gasteiger partial charge < -0.3 is 9.30 Å². The molecule has 1 aromatic heterocycles. The van der Waals surface area contributed by atoms with Crippen molar-refractivity contribution in [2.45, 2.75) is 65.3 Å². The minimum absolute atomic E-state index is 0.0120. The number of nitrogens with zero attached hydrogens (tertiary/aromatic N) is 2. The first-order chi connectivity index (χ1) is 12.7. The maximum atomic E-state index is 13.3. The standard InChI is InChI=1S/C22H30N2O2/c1-3-5-14-26-21-11-10-20(18-8-6-7-9-19(18)21)22(25)17(4-2)15-24-13-12-23-16-24/h10-13,16-17H,3-9,14-15H2,1-2H3. The molecule has 0 saturated heterocycles. The van der Waals surface area contributed by atoms with Crippen molar-refractivity contribution >= 4 is 5.78 Å². The van der Waals surface area contributed by atoms with Gasteiger partial charge in [0.05, 0.1) is 12.9 Å². The topological polar surface area (TPSA) is 44.1 Å². The average Bonchev–Trinajstić information content (AvgIpc) is 3.19. The summed E-state index contributed by atoms with van der Waals surface area (Å²) in [7, 11) is 0. The molecule has 0 bridgehead atoms. The quantitative estimate of drug-likeness (QED) is 0.477.